The summed E-state index contributed by atoms with van der Waals surface area (Å²) in [5, 5.41) is 16.5. The summed E-state index contributed by atoms with van der Waals surface area (Å²) in [5.74, 6) is -1.12. The molecular weight excluding hydrogens is 526 g/mol. The standard InChI is InChI=1S/C24H13Cl5N2O2/c25-15-3-1-2-13(8-15)18(24(32)33)11-17-12-22(14-4-6-19(27)21(29)9-14)31(30-17)23-10-16(26)5-7-20(23)28/h1-12H,(H,32,33)/b18-11-. The van der Waals surface area contributed by atoms with Gasteiger partial charge in [-0.15, -0.1) is 0 Å². The number of carboxylic acid groups (broad SMARTS) is 1. The van der Waals surface area contributed by atoms with E-state index in [1.54, 1.807) is 71.4 Å². The topological polar surface area (TPSA) is 55.1 Å². The first-order chi connectivity index (χ1) is 15.7. The van der Waals surface area contributed by atoms with Crippen LogP contribution in [0.15, 0.2) is 66.7 Å². The van der Waals surface area contributed by atoms with E-state index in [1.807, 2.05) is 0 Å². The summed E-state index contributed by atoms with van der Waals surface area (Å²) in [4.78, 5) is 12.0. The minimum atomic E-state index is -1.12. The summed E-state index contributed by atoms with van der Waals surface area (Å²) in [6.45, 7) is 0. The first kappa shape index (κ1) is 23.7. The molecule has 0 amide bonds. The third-order valence-corrected chi connectivity index (χ3v) is 6.27. The number of rotatable bonds is 5. The van der Waals surface area contributed by atoms with Gasteiger partial charge in [0, 0.05) is 15.6 Å². The van der Waals surface area contributed by atoms with Crippen molar-refractivity contribution in [1.29, 1.82) is 0 Å². The highest BCUT2D eigenvalue weighted by molar-refractivity contribution is 6.42. The number of aliphatic carboxylic acids is 1. The maximum atomic E-state index is 12.0. The lowest BCUT2D eigenvalue weighted by atomic mass is 10.0. The van der Waals surface area contributed by atoms with Crippen LogP contribution in [0.2, 0.25) is 25.1 Å². The number of nitrogens with zero attached hydrogens (tertiary/aromatic N) is 2. The van der Waals surface area contributed by atoms with Crippen LogP contribution in [0.3, 0.4) is 0 Å². The van der Waals surface area contributed by atoms with E-state index in [2.05, 4.69) is 5.10 Å². The predicted octanol–water partition coefficient (Wildman–Crippen LogP) is 8.43. The molecule has 3 aromatic carbocycles. The van der Waals surface area contributed by atoms with Gasteiger partial charge < -0.3 is 5.11 Å². The third-order valence-electron chi connectivity index (χ3n) is 4.74. The largest absolute Gasteiger partial charge is 0.478 e. The van der Waals surface area contributed by atoms with Gasteiger partial charge in [-0.25, -0.2) is 9.48 Å². The molecule has 33 heavy (non-hydrogen) atoms. The van der Waals surface area contributed by atoms with Crippen LogP contribution in [0.1, 0.15) is 11.3 Å². The zero-order valence-electron chi connectivity index (χ0n) is 16.6. The Bertz CT molecular complexity index is 1410. The number of benzene rings is 3. The van der Waals surface area contributed by atoms with Crippen LogP contribution in [-0.2, 0) is 4.79 Å². The van der Waals surface area contributed by atoms with Crippen molar-refractivity contribution in [1.82, 2.24) is 9.78 Å². The molecule has 1 heterocycles. The van der Waals surface area contributed by atoms with Crippen molar-refractivity contribution in [2.24, 2.45) is 0 Å². The Labute approximate surface area is 214 Å². The molecule has 9 heteroatoms. The summed E-state index contributed by atoms with van der Waals surface area (Å²) in [6, 6.07) is 18.4. The lowest BCUT2D eigenvalue weighted by Gasteiger charge is -2.10. The minimum absolute atomic E-state index is 0.0278. The molecule has 0 aliphatic carbocycles. The average molecular weight is 539 g/mol. The van der Waals surface area contributed by atoms with Crippen LogP contribution in [0, 0.1) is 0 Å². The van der Waals surface area contributed by atoms with Crippen molar-refractivity contribution in [3.8, 4) is 16.9 Å². The quantitative estimate of drug-likeness (QED) is 0.260. The lowest BCUT2D eigenvalue weighted by molar-refractivity contribution is -0.130. The molecule has 0 bridgehead atoms. The van der Waals surface area contributed by atoms with Gasteiger partial charge in [0.1, 0.15) is 0 Å². The van der Waals surface area contributed by atoms with Crippen molar-refractivity contribution in [2.75, 3.05) is 0 Å². The van der Waals surface area contributed by atoms with Crippen LogP contribution in [0.4, 0.5) is 0 Å². The molecule has 0 aliphatic heterocycles. The van der Waals surface area contributed by atoms with Gasteiger partial charge in [-0.3, -0.25) is 0 Å². The van der Waals surface area contributed by atoms with E-state index in [0.717, 1.165) is 0 Å². The van der Waals surface area contributed by atoms with E-state index in [4.69, 9.17) is 58.0 Å². The predicted molar refractivity (Wildman–Crippen MR) is 136 cm³/mol. The number of halogens is 5. The van der Waals surface area contributed by atoms with Crippen LogP contribution < -0.4 is 0 Å². The molecule has 0 saturated heterocycles. The molecule has 166 valence electrons. The van der Waals surface area contributed by atoms with Gasteiger partial charge in [-0.05, 0) is 60.2 Å². The molecule has 1 N–H and O–H groups in total. The molecule has 0 radical (unpaired) electrons. The molecule has 0 fully saturated rings. The van der Waals surface area contributed by atoms with Gasteiger partial charge in [-0.2, -0.15) is 5.10 Å². The Morgan fingerprint density at radius 1 is 0.818 bits per heavy atom. The number of aromatic nitrogens is 2. The molecule has 4 aromatic rings. The zero-order chi connectivity index (χ0) is 23.7. The first-order valence-corrected chi connectivity index (χ1v) is 11.3. The fourth-order valence-electron chi connectivity index (χ4n) is 3.24. The molecule has 4 rings (SSSR count). The van der Waals surface area contributed by atoms with Gasteiger partial charge >= 0.3 is 5.97 Å². The summed E-state index contributed by atoms with van der Waals surface area (Å²) < 4.78 is 1.58. The van der Waals surface area contributed by atoms with E-state index in [9.17, 15) is 9.90 Å². The van der Waals surface area contributed by atoms with E-state index in [0.29, 0.717) is 53.3 Å². The Morgan fingerprint density at radius 2 is 1.55 bits per heavy atom. The first-order valence-electron chi connectivity index (χ1n) is 9.45. The highest BCUT2D eigenvalue weighted by Crippen LogP contribution is 2.34. The molecule has 0 spiro atoms. The fraction of sp³-hybridized carbons (Fsp3) is 0. The third kappa shape index (κ3) is 5.21. The van der Waals surface area contributed by atoms with E-state index >= 15 is 0 Å². The monoisotopic (exact) mass is 536 g/mol. The summed E-state index contributed by atoms with van der Waals surface area (Å²) in [7, 11) is 0. The molecule has 0 saturated carbocycles. The molecule has 0 atom stereocenters. The number of hydrogen-bond acceptors (Lipinski definition) is 2. The smallest absolute Gasteiger partial charge is 0.336 e. The van der Waals surface area contributed by atoms with Gasteiger partial charge in [0.15, 0.2) is 0 Å². The molecule has 1 aromatic heterocycles. The molecule has 0 unspecified atom stereocenters. The van der Waals surface area contributed by atoms with Crippen molar-refractivity contribution < 1.29 is 9.90 Å². The number of carbonyl (C=O) groups is 1. The van der Waals surface area contributed by atoms with E-state index in [-0.39, 0.29) is 5.57 Å². The second-order valence-corrected chi connectivity index (χ2v) is 9.06. The zero-order valence-corrected chi connectivity index (χ0v) is 20.3. The van der Waals surface area contributed by atoms with Crippen LogP contribution in [-0.4, -0.2) is 20.9 Å². The van der Waals surface area contributed by atoms with Crippen LogP contribution in [0.5, 0.6) is 0 Å². The van der Waals surface area contributed by atoms with Gasteiger partial charge in [0.05, 0.1) is 37.7 Å². The van der Waals surface area contributed by atoms with Crippen molar-refractivity contribution >= 4 is 75.6 Å². The highest BCUT2D eigenvalue weighted by Gasteiger charge is 2.17. The second kappa shape index (κ2) is 9.80. The van der Waals surface area contributed by atoms with Crippen molar-refractivity contribution in [2.45, 2.75) is 0 Å². The average Bonchev–Trinajstić information content (AvgIpc) is 3.19. The fourth-order valence-corrected chi connectivity index (χ4v) is 4.09. The maximum Gasteiger partial charge on any atom is 0.336 e. The van der Waals surface area contributed by atoms with Gasteiger partial charge in [-0.1, -0.05) is 76.2 Å². The number of carboxylic acids is 1. The van der Waals surface area contributed by atoms with Crippen LogP contribution in [0.25, 0.3) is 28.6 Å². The Kier molecular flexibility index (Phi) is 7.03. The van der Waals surface area contributed by atoms with Crippen LogP contribution >= 0.6 is 58.0 Å². The summed E-state index contributed by atoms with van der Waals surface area (Å²) >= 11 is 31.0. The Morgan fingerprint density at radius 3 is 2.24 bits per heavy atom. The van der Waals surface area contributed by atoms with E-state index in [1.165, 1.54) is 6.08 Å². The molecule has 4 nitrogen and oxygen atoms in total. The maximum absolute atomic E-state index is 12.0. The van der Waals surface area contributed by atoms with Gasteiger partial charge in [0.25, 0.3) is 0 Å². The van der Waals surface area contributed by atoms with Crippen molar-refractivity contribution in [3.05, 3.63) is 103 Å². The van der Waals surface area contributed by atoms with Gasteiger partial charge in [0.2, 0.25) is 0 Å². The van der Waals surface area contributed by atoms with E-state index < -0.39 is 5.97 Å². The normalized spacial score (nSPS) is 11.6. The minimum Gasteiger partial charge on any atom is -0.478 e. The van der Waals surface area contributed by atoms with Crippen molar-refractivity contribution in [3.63, 3.8) is 0 Å². The highest BCUT2D eigenvalue weighted by atomic mass is 35.5. The Hall–Kier alpha value is -2.47. The number of hydrogen-bond donors (Lipinski definition) is 1. The Balaban J connectivity index is 1.94. The second-order valence-electron chi connectivity index (χ2n) is 6.96. The molecule has 0 aliphatic rings. The summed E-state index contributed by atoms with van der Waals surface area (Å²) in [6.07, 6.45) is 1.46. The SMILES string of the molecule is O=C(O)/C(=C\c1cc(-c2ccc(Cl)c(Cl)c2)n(-c2cc(Cl)ccc2Cl)n1)c1cccc(Cl)c1. The molecular formula is C24H13Cl5N2O2. The lowest BCUT2D eigenvalue weighted by Crippen LogP contribution is -2.01. The summed E-state index contributed by atoms with van der Waals surface area (Å²) in [5.41, 5.74) is 2.68.